The zero-order chi connectivity index (χ0) is 18.6. The molecule has 0 saturated heterocycles. The Morgan fingerprint density at radius 3 is 2.74 bits per heavy atom. The number of amides is 1. The first-order valence-corrected chi connectivity index (χ1v) is 10.2. The highest BCUT2D eigenvalue weighted by molar-refractivity contribution is 7.14. The van der Waals surface area contributed by atoms with E-state index in [2.05, 4.69) is 22.5 Å². The molecule has 3 aliphatic carbocycles. The Morgan fingerprint density at radius 1 is 1.22 bits per heavy atom. The number of allylic oxidation sites excluding steroid dienone is 2. The van der Waals surface area contributed by atoms with E-state index in [1.165, 1.54) is 24.2 Å². The Bertz CT molecular complexity index is 931. The summed E-state index contributed by atoms with van der Waals surface area (Å²) in [4.78, 5) is 17.4. The molecule has 3 atom stereocenters. The molecule has 140 valence electrons. The zero-order valence-corrected chi connectivity index (χ0v) is 16.2. The van der Waals surface area contributed by atoms with Gasteiger partial charge >= 0.3 is 0 Å². The summed E-state index contributed by atoms with van der Waals surface area (Å²) >= 11 is 1.46. The second-order valence-corrected chi connectivity index (χ2v) is 8.55. The number of thiazole rings is 1. The number of nitrogens with one attached hydrogen (secondary N) is 1. The molecule has 3 aliphatic rings. The molecule has 27 heavy (non-hydrogen) atoms. The van der Waals surface area contributed by atoms with Crippen molar-refractivity contribution < 1.29 is 14.3 Å². The molecule has 1 spiro atoms. The number of hydrogen-bond donors (Lipinski definition) is 1. The van der Waals surface area contributed by atoms with E-state index < -0.39 is 0 Å². The van der Waals surface area contributed by atoms with E-state index >= 15 is 0 Å². The van der Waals surface area contributed by atoms with Crippen LogP contribution in [0, 0.1) is 23.2 Å². The fourth-order valence-electron chi connectivity index (χ4n) is 4.93. The van der Waals surface area contributed by atoms with E-state index in [1.54, 1.807) is 14.2 Å². The number of ether oxygens (including phenoxy) is 2. The van der Waals surface area contributed by atoms with Gasteiger partial charge in [0.15, 0.2) is 16.6 Å². The summed E-state index contributed by atoms with van der Waals surface area (Å²) in [6.45, 7) is 0. The van der Waals surface area contributed by atoms with E-state index in [1.807, 2.05) is 23.6 Å². The molecule has 2 aromatic rings. The number of nitrogens with zero attached hydrogens (tertiary/aromatic N) is 1. The molecular weight excluding hydrogens is 360 g/mol. The summed E-state index contributed by atoms with van der Waals surface area (Å²) in [5, 5.41) is 5.67. The molecule has 0 radical (unpaired) electrons. The van der Waals surface area contributed by atoms with Crippen LogP contribution in [0.4, 0.5) is 5.13 Å². The average molecular weight is 382 g/mol. The summed E-state index contributed by atoms with van der Waals surface area (Å²) in [6.07, 6.45) is 8.16. The Morgan fingerprint density at radius 2 is 2.04 bits per heavy atom. The maximum absolute atomic E-state index is 12.8. The first-order valence-electron chi connectivity index (χ1n) is 9.32. The van der Waals surface area contributed by atoms with Crippen LogP contribution in [0.3, 0.4) is 0 Å². The quantitative estimate of drug-likeness (QED) is 0.780. The number of methoxy groups -OCH3 is 2. The number of carbonyl (C=O) groups is 1. The first-order chi connectivity index (χ1) is 13.1. The van der Waals surface area contributed by atoms with Gasteiger partial charge < -0.3 is 14.8 Å². The van der Waals surface area contributed by atoms with E-state index in [4.69, 9.17) is 9.47 Å². The van der Waals surface area contributed by atoms with E-state index in [9.17, 15) is 4.79 Å². The number of hydrogen-bond acceptors (Lipinski definition) is 5. The predicted molar refractivity (Wildman–Crippen MR) is 105 cm³/mol. The fourth-order valence-corrected chi connectivity index (χ4v) is 5.65. The fraction of sp³-hybridized carbons (Fsp3) is 0.429. The van der Waals surface area contributed by atoms with Gasteiger partial charge in [0.25, 0.3) is 0 Å². The molecule has 1 N–H and O–H groups in total. The third-order valence-electron chi connectivity index (χ3n) is 6.47. The molecule has 1 aromatic carbocycles. The van der Waals surface area contributed by atoms with Crippen LogP contribution in [0.2, 0.25) is 0 Å². The SMILES string of the molecule is COc1ccc(-c2csc(NC(=O)[C@H]3C[C@H]4C=C[C@H]3C43CC3)n2)cc1OC. The van der Waals surface area contributed by atoms with Crippen LogP contribution in [0.5, 0.6) is 11.5 Å². The van der Waals surface area contributed by atoms with Gasteiger partial charge in [0.2, 0.25) is 5.91 Å². The molecule has 5 rings (SSSR count). The van der Waals surface area contributed by atoms with Crippen LogP contribution >= 0.6 is 11.3 Å². The third-order valence-corrected chi connectivity index (χ3v) is 7.23. The van der Waals surface area contributed by atoms with Gasteiger partial charge in [-0.3, -0.25) is 4.79 Å². The maximum atomic E-state index is 12.8. The first kappa shape index (κ1) is 16.8. The molecule has 2 saturated carbocycles. The Labute approximate surface area is 162 Å². The van der Waals surface area contributed by atoms with Crippen molar-refractivity contribution in [2.24, 2.45) is 23.2 Å². The molecule has 2 fully saturated rings. The molecule has 0 unspecified atom stereocenters. The molecule has 0 aliphatic heterocycles. The summed E-state index contributed by atoms with van der Waals surface area (Å²) in [7, 11) is 3.23. The third kappa shape index (κ3) is 2.57. The van der Waals surface area contributed by atoms with Crippen molar-refractivity contribution in [3.8, 4) is 22.8 Å². The van der Waals surface area contributed by atoms with Crippen molar-refractivity contribution in [1.29, 1.82) is 0 Å². The lowest BCUT2D eigenvalue weighted by Crippen LogP contribution is -2.27. The Kier molecular flexibility index (Phi) is 3.79. The summed E-state index contributed by atoms with van der Waals surface area (Å²) < 4.78 is 10.6. The van der Waals surface area contributed by atoms with Gasteiger partial charge in [0.1, 0.15) is 0 Å². The standard InChI is InChI=1S/C21H22N2O3S/c1-25-17-6-3-12(9-18(17)26-2)16-11-27-20(22-16)23-19(24)14-10-13-4-5-15(14)21(13)7-8-21/h3-6,9,11,13-15H,7-8,10H2,1-2H3,(H,22,23,24)/t13-,14+,15-/m1/s1. The molecule has 1 amide bonds. The van der Waals surface area contributed by atoms with E-state index in [0.29, 0.717) is 33.9 Å². The molecule has 1 heterocycles. The van der Waals surface area contributed by atoms with Crippen molar-refractivity contribution in [3.63, 3.8) is 0 Å². The largest absolute Gasteiger partial charge is 0.493 e. The number of benzene rings is 1. The predicted octanol–water partition coefficient (Wildman–Crippen LogP) is 4.37. The minimum Gasteiger partial charge on any atom is -0.493 e. The van der Waals surface area contributed by atoms with Crippen LogP contribution < -0.4 is 14.8 Å². The number of aromatic nitrogens is 1. The van der Waals surface area contributed by atoms with Gasteiger partial charge in [-0.1, -0.05) is 12.2 Å². The van der Waals surface area contributed by atoms with E-state index in [0.717, 1.165) is 17.7 Å². The van der Waals surface area contributed by atoms with Crippen molar-refractivity contribution >= 4 is 22.4 Å². The minimum atomic E-state index is 0.0935. The van der Waals surface area contributed by atoms with Crippen LogP contribution in [-0.2, 0) is 4.79 Å². The molecule has 1 aromatic heterocycles. The summed E-state index contributed by atoms with van der Waals surface area (Å²) in [5.74, 6) is 2.59. The highest BCUT2D eigenvalue weighted by Crippen LogP contribution is 2.70. The van der Waals surface area contributed by atoms with Gasteiger partial charge in [0.05, 0.1) is 19.9 Å². The van der Waals surface area contributed by atoms with Gasteiger partial charge in [-0.05, 0) is 54.7 Å². The lowest BCUT2D eigenvalue weighted by molar-refractivity contribution is -0.120. The average Bonchev–Trinajstić information content (AvgIpc) is 3.12. The number of carbonyl (C=O) groups excluding carboxylic acids is 1. The topological polar surface area (TPSA) is 60.5 Å². The summed E-state index contributed by atoms with van der Waals surface area (Å²) in [5.41, 5.74) is 2.18. The molecule has 5 nitrogen and oxygen atoms in total. The van der Waals surface area contributed by atoms with Crippen LogP contribution in [0.15, 0.2) is 35.7 Å². The normalized spacial score (nSPS) is 26.4. The Hall–Kier alpha value is -2.34. The lowest BCUT2D eigenvalue weighted by Gasteiger charge is -2.18. The van der Waals surface area contributed by atoms with Crippen molar-refractivity contribution in [1.82, 2.24) is 4.98 Å². The minimum absolute atomic E-state index is 0.0935. The highest BCUT2D eigenvalue weighted by atomic mass is 32.1. The van der Waals surface area contributed by atoms with Crippen LogP contribution in [0.25, 0.3) is 11.3 Å². The van der Waals surface area contributed by atoms with E-state index in [-0.39, 0.29) is 11.8 Å². The zero-order valence-electron chi connectivity index (χ0n) is 15.4. The van der Waals surface area contributed by atoms with Crippen molar-refractivity contribution in [2.45, 2.75) is 19.3 Å². The maximum Gasteiger partial charge on any atom is 0.229 e. The molecule has 6 heteroatoms. The molecular formula is C21H22N2O3S. The van der Waals surface area contributed by atoms with Crippen LogP contribution in [-0.4, -0.2) is 25.1 Å². The monoisotopic (exact) mass is 382 g/mol. The Balaban J connectivity index is 1.31. The van der Waals surface area contributed by atoms with Gasteiger partial charge in [-0.25, -0.2) is 4.98 Å². The van der Waals surface area contributed by atoms with Gasteiger partial charge in [0, 0.05) is 16.9 Å². The lowest BCUT2D eigenvalue weighted by atomic mass is 9.88. The highest BCUT2D eigenvalue weighted by Gasteiger charge is 2.64. The molecule has 2 bridgehead atoms. The van der Waals surface area contributed by atoms with Crippen molar-refractivity contribution in [2.75, 3.05) is 19.5 Å². The smallest absolute Gasteiger partial charge is 0.229 e. The van der Waals surface area contributed by atoms with Gasteiger partial charge in [-0.15, -0.1) is 11.3 Å². The summed E-state index contributed by atoms with van der Waals surface area (Å²) in [6, 6.07) is 5.71. The second kappa shape index (κ2) is 6.09. The number of rotatable bonds is 5. The number of anilines is 1. The van der Waals surface area contributed by atoms with Gasteiger partial charge in [-0.2, -0.15) is 0 Å². The van der Waals surface area contributed by atoms with Crippen molar-refractivity contribution in [3.05, 3.63) is 35.7 Å². The second-order valence-electron chi connectivity index (χ2n) is 7.69. The van der Waals surface area contributed by atoms with Crippen LogP contribution in [0.1, 0.15) is 19.3 Å².